The van der Waals surface area contributed by atoms with Gasteiger partial charge in [0.05, 0.1) is 19.1 Å². The number of sulfonamides is 1. The fourth-order valence-electron chi connectivity index (χ4n) is 4.55. The van der Waals surface area contributed by atoms with Crippen molar-refractivity contribution in [3.05, 3.63) is 59.5 Å². The van der Waals surface area contributed by atoms with E-state index in [-0.39, 0.29) is 6.04 Å². The first-order chi connectivity index (χ1) is 15.0. The first-order valence-electron chi connectivity index (χ1n) is 11.1. The summed E-state index contributed by atoms with van der Waals surface area (Å²) >= 11 is 0. The Labute approximate surface area is 185 Å². The average molecular weight is 445 g/mol. The van der Waals surface area contributed by atoms with Crippen molar-refractivity contribution >= 4 is 16.0 Å². The number of aliphatic imine (C=N–C) groups is 1. The third-order valence-corrected chi connectivity index (χ3v) is 7.47. The molecule has 1 unspecified atom stereocenters. The van der Waals surface area contributed by atoms with Gasteiger partial charge in [0.2, 0.25) is 10.0 Å². The summed E-state index contributed by atoms with van der Waals surface area (Å²) in [7, 11) is -3.20. The van der Waals surface area contributed by atoms with Crippen molar-refractivity contribution in [1.82, 2.24) is 14.9 Å². The Balaban J connectivity index is 1.41. The zero-order valence-electron chi connectivity index (χ0n) is 18.1. The number of benzene rings is 1. The number of rotatable bonds is 7. The van der Waals surface area contributed by atoms with Crippen molar-refractivity contribution in [2.75, 3.05) is 25.9 Å². The van der Waals surface area contributed by atoms with Crippen LogP contribution in [0.1, 0.15) is 36.1 Å². The number of nitrogens with one attached hydrogen (secondary N) is 2. The quantitative estimate of drug-likeness (QED) is 0.506. The topological polar surface area (TPSA) is 86.9 Å². The lowest BCUT2D eigenvalue weighted by Crippen LogP contribution is -2.47. The highest BCUT2D eigenvalue weighted by Gasteiger charge is 2.31. The van der Waals surface area contributed by atoms with Gasteiger partial charge in [0.25, 0.3) is 0 Å². The first kappa shape index (κ1) is 21.9. The standard InChI is InChI=1S/C23H32N4O3S/c1-31(28,29)27-14-4-8-21(27)17-25-23(24-13-12-22-9-5-15-30-22)26-20-11-10-18-6-2-3-7-19(18)16-20/h2-3,5-7,9,15,20-21H,4,8,10-14,16-17H2,1H3,(H2,24,25,26)/t20?,21-/m1/s1. The predicted molar refractivity (Wildman–Crippen MR) is 123 cm³/mol. The van der Waals surface area contributed by atoms with E-state index in [4.69, 9.17) is 9.41 Å². The Morgan fingerprint density at radius 2 is 2.03 bits per heavy atom. The Hall–Kier alpha value is -2.32. The number of fused-ring (bicyclic) bond motifs is 1. The molecule has 1 saturated heterocycles. The second kappa shape index (κ2) is 9.87. The lowest BCUT2D eigenvalue weighted by Gasteiger charge is -2.27. The SMILES string of the molecule is CS(=O)(=O)N1CCC[C@@H]1CN=C(NCCc1ccco1)NC1CCc2ccccc2C1. The van der Waals surface area contributed by atoms with Crippen molar-refractivity contribution in [2.45, 2.75) is 50.6 Å². The van der Waals surface area contributed by atoms with E-state index >= 15 is 0 Å². The van der Waals surface area contributed by atoms with Crippen molar-refractivity contribution in [3.63, 3.8) is 0 Å². The Morgan fingerprint density at radius 1 is 1.19 bits per heavy atom. The molecule has 0 bridgehead atoms. The van der Waals surface area contributed by atoms with Gasteiger partial charge in [-0.25, -0.2) is 8.42 Å². The van der Waals surface area contributed by atoms with Crippen molar-refractivity contribution in [3.8, 4) is 0 Å². The van der Waals surface area contributed by atoms with Gasteiger partial charge in [-0.05, 0) is 55.4 Å². The number of hydrogen-bond acceptors (Lipinski definition) is 4. The number of guanidine groups is 1. The van der Waals surface area contributed by atoms with Crippen LogP contribution in [0.3, 0.4) is 0 Å². The second-order valence-corrected chi connectivity index (χ2v) is 10.4. The molecule has 2 heterocycles. The van der Waals surface area contributed by atoms with Crippen LogP contribution in [-0.2, 0) is 29.3 Å². The van der Waals surface area contributed by atoms with Gasteiger partial charge in [-0.1, -0.05) is 24.3 Å². The molecule has 1 fully saturated rings. The van der Waals surface area contributed by atoms with Gasteiger partial charge >= 0.3 is 0 Å². The summed E-state index contributed by atoms with van der Waals surface area (Å²) in [5.74, 6) is 1.67. The average Bonchev–Trinajstić information content (AvgIpc) is 3.43. The highest BCUT2D eigenvalue weighted by molar-refractivity contribution is 7.88. The second-order valence-electron chi connectivity index (χ2n) is 8.47. The zero-order chi connectivity index (χ0) is 21.7. The molecule has 0 amide bonds. The summed E-state index contributed by atoms with van der Waals surface area (Å²) in [5.41, 5.74) is 2.82. The van der Waals surface area contributed by atoms with Crippen LogP contribution >= 0.6 is 0 Å². The molecule has 7 nitrogen and oxygen atoms in total. The van der Waals surface area contributed by atoms with E-state index in [0.29, 0.717) is 25.7 Å². The number of furan rings is 1. The smallest absolute Gasteiger partial charge is 0.211 e. The zero-order valence-corrected chi connectivity index (χ0v) is 18.9. The van der Waals surface area contributed by atoms with Crippen molar-refractivity contribution < 1.29 is 12.8 Å². The molecule has 4 rings (SSSR count). The first-order valence-corrected chi connectivity index (χ1v) is 12.9. The van der Waals surface area contributed by atoms with Crippen molar-refractivity contribution in [1.29, 1.82) is 0 Å². The van der Waals surface area contributed by atoms with Crippen LogP contribution in [-0.4, -0.2) is 56.7 Å². The van der Waals surface area contributed by atoms with E-state index in [1.807, 2.05) is 12.1 Å². The molecular formula is C23H32N4O3S. The van der Waals surface area contributed by atoms with Gasteiger partial charge < -0.3 is 15.1 Å². The van der Waals surface area contributed by atoms with Crippen LogP contribution in [0.5, 0.6) is 0 Å². The molecule has 1 aromatic carbocycles. The lowest BCUT2D eigenvalue weighted by molar-refractivity contribution is 0.396. The lowest BCUT2D eigenvalue weighted by atomic mass is 9.88. The minimum atomic E-state index is -3.20. The van der Waals surface area contributed by atoms with Gasteiger partial charge in [-0.15, -0.1) is 0 Å². The predicted octanol–water partition coefficient (Wildman–Crippen LogP) is 2.34. The highest BCUT2D eigenvalue weighted by atomic mass is 32.2. The molecule has 0 radical (unpaired) electrons. The summed E-state index contributed by atoms with van der Waals surface area (Å²) in [5, 5.41) is 7.01. The fraction of sp³-hybridized carbons (Fsp3) is 0.522. The van der Waals surface area contributed by atoms with Crippen LogP contribution in [0.25, 0.3) is 0 Å². The monoisotopic (exact) mass is 444 g/mol. The molecule has 2 N–H and O–H groups in total. The summed E-state index contributed by atoms with van der Waals surface area (Å²) in [6.07, 6.45) is 8.55. The minimum Gasteiger partial charge on any atom is -0.469 e. The molecule has 8 heteroatoms. The van der Waals surface area contributed by atoms with E-state index in [1.165, 1.54) is 17.4 Å². The molecule has 2 aromatic rings. The van der Waals surface area contributed by atoms with Crippen LogP contribution in [0.2, 0.25) is 0 Å². The normalized spacial score (nSPS) is 22.3. The molecule has 1 aliphatic carbocycles. The molecule has 0 spiro atoms. The summed E-state index contributed by atoms with van der Waals surface area (Å²) in [6.45, 7) is 1.75. The van der Waals surface area contributed by atoms with Gasteiger partial charge in [-0.2, -0.15) is 4.31 Å². The highest BCUT2D eigenvalue weighted by Crippen LogP contribution is 2.22. The van der Waals surface area contributed by atoms with Gasteiger partial charge in [0.15, 0.2) is 5.96 Å². The maximum absolute atomic E-state index is 12.1. The number of nitrogens with zero attached hydrogens (tertiary/aromatic N) is 2. The molecule has 31 heavy (non-hydrogen) atoms. The van der Waals surface area contributed by atoms with E-state index in [9.17, 15) is 8.42 Å². The van der Waals surface area contributed by atoms with Crippen LogP contribution in [0.4, 0.5) is 0 Å². The van der Waals surface area contributed by atoms with Gasteiger partial charge in [-0.3, -0.25) is 4.99 Å². The van der Waals surface area contributed by atoms with Gasteiger partial charge in [0, 0.05) is 31.6 Å². The number of hydrogen-bond donors (Lipinski definition) is 2. The summed E-state index contributed by atoms with van der Waals surface area (Å²) < 4.78 is 31.1. The summed E-state index contributed by atoms with van der Waals surface area (Å²) in [6, 6.07) is 12.7. The van der Waals surface area contributed by atoms with E-state index in [1.54, 1.807) is 10.6 Å². The molecular weight excluding hydrogens is 412 g/mol. The Morgan fingerprint density at radius 3 is 2.81 bits per heavy atom. The van der Waals surface area contributed by atoms with Crippen LogP contribution < -0.4 is 10.6 Å². The molecule has 1 aromatic heterocycles. The Bertz CT molecular complexity index is 988. The molecule has 2 aliphatic rings. The minimum absolute atomic E-state index is 0.0641. The molecule has 1 aliphatic heterocycles. The van der Waals surface area contributed by atoms with Crippen LogP contribution in [0.15, 0.2) is 52.1 Å². The Kier molecular flexibility index (Phi) is 6.97. The molecule has 0 saturated carbocycles. The molecule has 168 valence electrons. The maximum Gasteiger partial charge on any atom is 0.211 e. The third kappa shape index (κ3) is 5.89. The number of aryl methyl sites for hydroxylation is 1. The van der Waals surface area contributed by atoms with E-state index < -0.39 is 10.0 Å². The summed E-state index contributed by atoms with van der Waals surface area (Å²) in [4.78, 5) is 4.80. The van der Waals surface area contributed by atoms with Crippen molar-refractivity contribution in [2.24, 2.45) is 4.99 Å². The van der Waals surface area contributed by atoms with Crippen LogP contribution in [0, 0.1) is 0 Å². The largest absolute Gasteiger partial charge is 0.469 e. The fourth-order valence-corrected chi connectivity index (χ4v) is 5.73. The third-order valence-electron chi connectivity index (χ3n) is 6.14. The van der Waals surface area contributed by atoms with Gasteiger partial charge in [0.1, 0.15) is 5.76 Å². The van der Waals surface area contributed by atoms with E-state index in [0.717, 1.165) is 50.2 Å². The molecule has 2 atom stereocenters. The maximum atomic E-state index is 12.1. The van der Waals surface area contributed by atoms with E-state index in [2.05, 4.69) is 34.9 Å².